The zero-order chi connectivity index (χ0) is 14.5. The molecule has 0 aliphatic heterocycles. The van der Waals surface area contributed by atoms with E-state index in [4.69, 9.17) is 9.84 Å². The summed E-state index contributed by atoms with van der Waals surface area (Å²) in [6.07, 6.45) is -4.09. The van der Waals surface area contributed by atoms with Crippen molar-refractivity contribution in [3.63, 3.8) is 0 Å². The van der Waals surface area contributed by atoms with Gasteiger partial charge in [-0.15, -0.1) is 0 Å². The average molecular weight is 277 g/mol. The Hall–Kier alpha value is -1.27. The van der Waals surface area contributed by atoms with E-state index in [1.54, 1.807) is 6.92 Å². The van der Waals surface area contributed by atoms with Crippen LogP contribution in [0.1, 0.15) is 18.9 Å². The highest BCUT2D eigenvalue weighted by Crippen LogP contribution is 2.30. The van der Waals surface area contributed by atoms with Crippen molar-refractivity contribution >= 4 is 0 Å². The van der Waals surface area contributed by atoms with E-state index in [0.29, 0.717) is 18.7 Å². The summed E-state index contributed by atoms with van der Waals surface area (Å²) in [4.78, 5) is 1.84. The van der Waals surface area contributed by atoms with Crippen LogP contribution in [0.4, 0.5) is 13.2 Å². The SMILES string of the molecule is CC(O)CCN(C)COc1ccc(C(F)(F)F)cc1. The number of rotatable bonds is 6. The van der Waals surface area contributed by atoms with E-state index in [0.717, 1.165) is 12.1 Å². The van der Waals surface area contributed by atoms with Crippen LogP contribution in [0, 0.1) is 0 Å². The van der Waals surface area contributed by atoms with Gasteiger partial charge in [-0.2, -0.15) is 13.2 Å². The fourth-order valence-electron chi connectivity index (χ4n) is 1.40. The minimum atomic E-state index is -4.33. The van der Waals surface area contributed by atoms with E-state index in [2.05, 4.69) is 0 Å². The van der Waals surface area contributed by atoms with E-state index in [1.165, 1.54) is 12.1 Å². The third kappa shape index (κ3) is 5.94. The number of hydrogen-bond acceptors (Lipinski definition) is 3. The van der Waals surface area contributed by atoms with Crippen LogP contribution in [0.25, 0.3) is 0 Å². The van der Waals surface area contributed by atoms with E-state index in [9.17, 15) is 13.2 Å². The van der Waals surface area contributed by atoms with Crippen molar-refractivity contribution in [2.24, 2.45) is 0 Å². The molecule has 1 unspecified atom stereocenters. The van der Waals surface area contributed by atoms with Gasteiger partial charge in [0, 0.05) is 6.54 Å². The first-order valence-corrected chi connectivity index (χ1v) is 5.95. The van der Waals surface area contributed by atoms with E-state index < -0.39 is 11.7 Å². The zero-order valence-electron chi connectivity index (χ0n) is 10.9. The number of ether oxygens (including phenoxy) is 1. The Kier molecular flexibility index (Phi) is 5.62. The van der Waals surface area contributed by atoms with E-state index in [1.807, 2.05) is 11.9 Å². The summed E-state index contributed by atoms with van der Waals surface area (Å²) in [7, 11) is 1.81. The number of nitrogens with zero attached hydrogens (tertiary/aromatic N) is 1. The maximum Gasteiger partial charge on any atom is 0.416 e. The molecule has 3 nitrogen and oxygen atoms in total. The number of hydrogen-bond donors (Lipinski definition) is 1. The molecular formula is C13H18F3NO2. The molecule has 1 N–H and O–H groups in total. The van der Waals surface area contributed by atoms with Crippen LogP contribution < -0.4 is 4.74 Å². The smallest absolute Gasteiger partial charge is 0.416 e. The summed E-state index contributed by atoms with van der Waals surface area (Å²) < 4.78 is 42.4. The lowest BCUT2D eigenvalue weighted by molar-refractivity contribution is -0.137. The van der Waals surface area contributed by atoms with Gasteiger partial charge < -0.3 is 9.84 Å². The van der Waals surface area contributed by atoms with Gasteiger partial charge in [0.25, 0.3) is 0 Å². The van der Waals surface area contributed by atoms with E-state index in [-0.39, 0.29) is 12.8 Å². The summed E-state index contributed by atoms with van der Waals surface area (Å²) in [5, 5.41) is 9.12. The van der Waals surface area contributed by atoms with Crippen molar-refractivity contribution < 1.29 is 23.0 Å². The molecule has 0 heterocycles. The second-order valence-electron chi connectivity index (χ2n) is 4.51. The first kappa shape index (κ1) is 15.8. The number of benzene rings is 1. The topological polar surface area (TPSA) is 32.7 Å². The van der Waals surface area contributed by atoms with Crippen LogP contribution >= 0.6 is 0 Å². The molecule has 1 atom stereocenters. The van der Waals surface area contributed by atoms with Crippen LogP contribution in [0.3, 0.4) is 0 Å². The summed E-state index contributed by atoms with van der Waals surface area (Å²) in [6.45, 7) is 2.61. The Morgan fingerprint density at radius 2 is 1.84 bits per heavy atom. The highest BCUT2D eigenvalue weighted by atomic mass is 19.4. The van der Waals surface area contributed by atoms with Gasteiger partial charge in [0.15, 0.2) is 0 Å². The summed E-state index contributed by atoms with van der Waals surface area (Å²) in [5.41, 5.74) is -0.692. The molecule has 6 heteroatoms. The lowest BCUT2D eigenvalue weighted by Gasteiger charge is -2.18. The molecule has 0 radical (unpaired) electrons. The zero-order valence-corrected chi connectivity index (χ0v) is 10.9. The van der Waals surface area contributed by atoms with Crippen molar-refractivity contribution in [1.82, 2.24) is 4.90 Å². The van der Waals surface area contributed by atoms with Crippen molar-refractivity contribution in [1.29, 1.82) is 0 Å². The monoisotopic (exact) mass is 277 g/mol. The molecule has 1 rings (SSSR count). The van der Waals surface area contributed by atoms with Crippen molar-refractivity contribution in [2.75, 3.05) is 20.3 Å². The fraction of sp³-hybridized carbons (Fsp3) is 0.538. The van der Waals surface area contributed by atoms with Crippen LogP contribution in [-0.2, 0) is 6.18 Å². The minimum Gasteiger partial charge on any atom is -0.478 e. The molecule has 1 aromatic rings. The predicted octanol–water partition coefficient (Wildman–Crippen LogP) is 2.74. The largest absolute Gasteiger partial charge is 0.478 e. The third-order valence-corrected chi connectivity index (χ3v) is 2.56. The Morgan fingerprint density at radius 1 is 1.26 bits per heavy atom. The Bertz CT molecular complexity index is 376. The van der Waals surface area contributed by atoms with Gasteiger partial charge in [-0.25, -0.2) is 0 Å². The molecule has 0 bridgehead atoms. The fourth-order valence-corrected chi connectivity index (χ4v) is 1.40. The lowest BCUT2D eigenvalue weighted by atomic mass is 10.2. The average Bonchev–Trinajstić information content (AvgIpc) is 2.33. The highest BCUT2D eigenvalue weighted by Gasteiger charge is 2.29. The Balaban J connectivity index is 2.42. The van der Waals surface area contributed by atoms with Crippen LogP contribution in [-0.4, -0.2) is 36.4 Å². The normalized spacial score (nSPS) is 13.6. The number of alkyl halides is 3. The van der Waals surface area contributed by atoms with Gasteiger partial charge in [0.1, 0.15) is 12.5 Å². The number of aliphatic hydroxyl groups is 1. The molecule has 0 saturated heterocycles. The van der Waals surface area contributed by atoms with Crippen molar-refractivity contribution in [3.8, 4) is 5.75 Å². The molecule has 0 saturated carbocycles. The second-order valence-corrected chi connectivity index (χ2v) is 4.51. The van der Waals surface area contributed by atoms with Crippen molar-refractivity contribution in [3.05, 3.63) is 29.8 Å². The second kappa shape index (κ2) is 6.77. The molecule has 0 aliphatic rings. The molecule has 0 aromatic heterocycles. The van der Waals surface area contributed by atoms with Crippen LogP contribution in [0.2, 0.25) is 0 Å². The minimum absolute atomic E-state index is 0.262. The maximum atomic E-state index is 12.3. The Morgan fingerprint density at radius 3 is 2.32 bits per heavy atom. The number of halogens is 3. The molecule has 108 valence electrons. The highest BCUT2D eigenvalue weighted by molar-refractivity contribution is 5.28. The molecule has 0 spiro atoms. The molecule has 0 aliphatic carbocycles. The van der Waals surface area contributed by atoms with E-state index >= 15 is 0 Å². The van der Waals surface area contributed by atoms with Gasteiger partial charge in [0.2, 0.25) is 0 Å². The quantitative estimate of drug-likeness (QED) is 0.812. The lowest BCUT2D eigenvalue weighted by Crippen LogP contribution is -2.26. The summed E-state index contributed by atoms with van der Waals surface area (Å²) in [5.74, 6) is 0.386. The Labute approximate surface area is 110 Å². The molecular weight excluding hydrogens is 259 g/mol. The molecule has 1 aromatic carbocycles. The van der Waals surface area contributed by atoms with Crippen LogP contribution in [0.15, 0.2) is 24.3 Å². The molecule has 0 amide bonds. The van der Waals surface area contributed by atoms with Gasteiger partial charge in [-0.3, -0.25) is 4.90 Å². The summed E-state index contributed by atoms with van der Waals surface area (Å²) in [6, 6.07) is 4.58. The predicted molar refractivity (Wildman–Crippen MR) is 65.9 cm³/mol. The number of aliphatic hydroxyl groups excluding tert-OH is 1. The van der Waals surface area contributed by atoms with Gasteiger partial charge in [0.05, 0.1) is 11.7 Å². The van der Waals surface area contributed by atoms with Gasteiger partial charge in [-0.1, -0.05) is 0 Å². The summed E-state index contributed by atoms with van der Waals surface area (Å²) >= 11 is 0. The standard InChI is InChI=1S/C13H18F3NO2/c1-10(18)7-8-17(2)9-19-12-5-3-11(4-6-12)13(14,15)16/h3-6,10,18H,7-9H2,1-2H3. The maximum absolute atomic E-state index is 12.3. The van der Waals surface area contributed by atoms with Crippen LogP contribution in [0.5, 0.6) is 5.75 Å². The van der Waals surface area contributed by atoms with Crippen molar-refractivity contribution in [2.45, 2.75) is 25.6 Å². The molecule has 0 fully saturated rings. The molecule has 19 heavy (non-hydrogen) atoms. The van der Waals surface area contributed by atoms with Gasteiger partial charge >= 0.3 is 6.18 Å². The first-order valence-electron chi connectivity index (χ1n) is 5.95. The first-order chi connectivity index (χ1) is 8.79. The van der Waals surface area contributed by atoms with Gasteiger partial charge in [-0.05, 0) is 44.7 Å². The third-order valence-electron chi connectivity index (χ3n) is 2.56.